The molecule has 20 heavy (non-hydrogen) atoms. The molecule has 5 nitrogen and oxygen atoms in total. The number of nitrogens with zero attached hydrogens (tertiary/aromatic N) is 3. The van der Waals surface area contributed by atoms with Crippen molar-refractivity contribution in [3.63, 3.8) is 0 Å². The van der Waals surface area contributed by atoms with Crippen LogP contribution in [0.5, 0.6) is 5.75 Å². The van der Waals surface area contributed by atoms with Crippen LogP contribution in [0.3, 0.4) is 0 Å². The van der Waals surface area contributed by atoms with Gasteiger partial charge in [-0.3, -0.25) is 10.00 Å². The minimum absolute atomic E-state index is 0.0953. The standard InChI is InChI=1S/C15H20N4O/c1-15(2)7-11-5-4-6-12(14(11)20-15)8-19(3)9-13-16-10-17-18-13/h4-6,10H,7-9H2,1-3H3,(H,16,17,18). The van der Waals surface area contributed by atoms with Gasteiger partial charge in [0, 0.05) is 18.5 Å². The van der Waals surface area contributed by atoms with Crippen LogP contribution in [0, 0.1) is 0 Å². The second-order valence-electron chi connectivity index (χ2n) is 6.05. The summed E-state index contributed by atoms with van der Waals surface area (Å²) in [5, 5.41) is 6.76. The number of para-hydroxylation sites is 1. The Kier molecular flexibility index (Phi) is 3.22. The molecular weight excluding hydrogens is 252 g/mol. The summed E-state index contributed by atoms with van der Waals surface area (Å²) in [6.45, 7) is 5.84. The molecule has 0 saturated carbocycles. The lowest BCUT2D eigenvalue weighted by Gasteiger charge is -2.20. The van der Waals surface area contributed by atoms with Crippen LogP contribution in [0.4, 0.5) is 0 Å². The number of benzene rings is 1. The molecule has 0 aliphatic carbocycles. The van der Waals surface area contributed by atoms with Gasteiger partial charge in [-0.2, -0.15) is 5.10 Å². The number of fused-ring (bicyclic) bond motifs is 1. The van der Waals surface area contributed by atoms with Crippen molar-refractivity contribution >= 4 is 0 Å². The number of ether oxygens (including phenoxy) is 1. The molecule has 5 heteroatoms. The van der Waals surface area contributed by atoms with Gasteiger partial charge >= 0.3 is 0 Å². The first-order chi connectivity index (χ1) is 9.53. The van der Waals surface area contributed by atoms with Crippen molar-refractivity contribution in [2.24, 2.45) is 0 Å². The Morgan fingerprint density at radius 1 is 1.35 bits per heavy atom. The first-order valence-corrected chi connectivity index (χ1v) is 6.86. The number of nitrogens with one attached hydrogen (secondary N) is 1. The van der Waals surface area contributed by atoms with Crippen molar-refractivity contribution < 1.29 is 4.74 Å². The second-order valence-corrected chi connectivity index (χ2v) is 6.05. The summed E-state index contributed by atoms with van der Waals surface area (Å²) in [6.07, 6.45) is 2.51. The average Bonchev–Trinajstić information content (AvgIpc) is 2.95. The molecule has 106 valence electrons. The van der Waals surface area contributed by atoms with Gasteiger partial charge in [0.25, 0.3) is 0 Å². The summed E-state index contributed by atoms with van der Waals surface area (Å²) >= 11 is 0. The van der Waals surface area contributed by atoms with Crippen LogP contribution < -0.4 is 4.74 Å². The zero-order valence-electron chi connectivity index (χ0n) is 12.2. The minimum Gasteiger partial charge on any atom is -0.487 e. The lowest BCUT2D eigenvalue weighted by molar-refractivity contribution is 0.135. The van der Waals surface area contributed by atoms with E-state index >= 15 is 0 Å². The van der Waals surface area contributed by atoms with Gasteiger partial charge in [0.2, 0.25) is 0 Å². The third-order valence-electron chi connectivity index (χ3n) is 3.50. The molecule has 0 unspecified atom stereocenters. The molecule has 1 aliphatic rings. The zero-order valence-corrected chi connectivity index (χ0v) is 12.2. The van der Waals surface area contributed by atoms with Gasteiger partial charge in [-0.15, -0.1) is 0 Å². The summed E-state index contributed by atoms with van der Waals surface area (Å²) in [7, 11) is 2.07. The maximum atomic E-state index is 6.10. The smallest absolute Gasteiger partial charge is 0.138 e. The van der Waals surface area contributed by atoms with Crippen molar-refractivity contribution in [2.75, 3.05) is 7.05 Å². The maximum Gasteiger partial charge on any atom is 0.138 e. The normalized spacial score (nSPS) is 16.2. The Bertz CT molecular complexity index is 592. The van der Waals surface area contributed by atoms with Gasteiger partial charge in [0.1, 0.15) is 23.5 Å². The van der Waals surface area contributed by atoms with Crippen LogP contribution >= 0.6 is 0 Å². The van der Waals surface area contributed by atoms with Crippen LogP contribution in [-0.2, 0) is 19.5 Å². The minimum atomic E-state index is -0.0953. The molecule has 0 spiro atoms. The van der Waals surface area contributed by atoms with E-state index in [0.717, 1.165) is 31.1 Å². The Morgan fingerprint density at radius 2 is 2.20 bits per heavy atom. The fourth-order valence-electron chi connectivity index (χ4n) is 2.71. The summed E-state index contributed by atoms with van der Waals surface area (Å²) in [6, 6.07) is 6.41. The summed E-state index contributed by atoms with van der Waals surface area (Å²) in [5.41, 5.74) is 2.44. The van der Waals surface area contributed by atoms with Crippen LogP contribution in [-0.4, -0.2) is 32.7 Å². The highest BCUT2D eigenvalue weighted by Gasteiger charge is 2.31. The van der Waals surface area contributed by atoms with Crippen LogP contribution in [0.25, 0.3) is 0 Å². The van der Waals surface area contributed by atoms with Gasteiger partial charge in [0.15, 0.2) is 0 Å². The van der Waals surface area contributed by atoms with E-state index in [1.165, 1.54) is 17.5 Å². The van der Waals surface area contributed by atoms with Crippen LogP contribution in [0.1, 0.15) is 30.8 Å². The molecule has 1 aliphatic heterocycles. The SMILES string of the molecule is CN(Cc1ncn[nH]1)Cc1cccc2c1OC(C)(C)C2. The highest BCUT2D eigenvalue weighted by atomic mass is 16.5. The molecule has 3 rings (SSSR count). The second kappa shape index (κ2) is 4.90. The molecule has 0 atom stereocenters. The van der Waals surface area contributed by atoms with Gasteiger partial charge in [0.05, 0.1) is 6.54 Å². The third kappa shape index (κ3) is 2.67. The lowest BCUT2D eigenvalue weighted by atomic mass is 10.0. The molecule has 0 saturated heterocycles. The van der Waals surface area contributed by atoms with Gasteiger partial charge in [-0.05, 0) is 26.5 Å². The lowest BCUT2D eigenvalue weighted by Crippen LogP contribution is -2.25. The average molecular weight is 272 g/mol. The summed E-state index contributed by atoms with van der Waals surface area (Å²) < 4.78 is 6.10. The molecule has 0 amide bonds. The van der Waals surface area contributed by atoms with Crippen molar-refractivity contribution in [1.29, 1.82) is 0 Å². The number of aromatic amines is 1. The van der Waals surface area contributed by atoms with E-state index < -0.39 is 0 Å². The van der Waals surface area contributed by atoms with Gasteiger partial charge in [-0.25, -0.2) is 4.98 Å². The quantitative estimate of drug-likeness (QED) is 0.926. The number of aromatic nitrogens is 3. The Morgan fingerprint density at radius 3 is 2.95 bits per heavy atom. The Balaban J connectivity index is 1.74. The summed E-state index contributed by atoms with van der Waals surface area (Å²) in [4.78, 5) is 6.35. The molecule has 1 aromatic heterocycles. The number of rotatable bonds is 4. The van der Waals surface area contributed by atoms with E-state index in [1.54, 1.807) is 0 Å². The van der Waals surface area contributed by atoms with Crippen molar-refractivity contribution in [3.05, 3.63) is 41.5 Å². The van der Waals surface area contributed by atoms with E-state index in [9.17, 15) is 0 Å². The van der Waals surface area contributed by atoms with E-state index in [-0.39, 0.29) is 5.60 Å². The van der Waals surface area contributed by atoms with Crippen molar-refractivity contribution in [2.45, 2.75) is 39.0 Å². The molecule has 0 radical (unpaired) electrons. The van der Waals surface area contributed by atoms with Crippen LogP contribution in [0.2, 0.25) is 0 Å². The molecule has 2 aromatic rings. The topological polar surface area (TPSA) is 54.0 Å². The number of hydrogen-bond donors (Lipinski definition) is 1. The first kappa shape index (κ1) is 13.1. The molecule has 0 bridgehead atoms. The third-order valence-corrected chi connectivity index (χ3v) is 3.50. The number of hydrogen-bond acceptors (Lipinski definition) is 4. The molecule has 1 N–H and O–H groups in total. The molecule has 0 fully saturated rings. The predicted molar refractivity (Wildman–Crippen MR) is 76.4 cm³/mol. The largest absolute Gasteiger partial charge is 0.487 e. The zero-order chi connectivity index (χ0) is 14.2. The van der Waals surface area contributed by atoms with Gasteiger partial charge < -0.3 is 4.74 Å². The maximum absolute atomic E-state index is 6.10. The predicted octanol–water partition coefficient (Wildman–Crippen LogP) is 2.15. The first-order valence-electron chi connectivity index (χ1n) is 6.86. The molecule has 1 aromatic carbocycles. The summed E-state index contributed by atoms with van der Waals surface area (Å²) in [5.74, 6) is 1.93. The molecule has 2 heterocycles. The van der Waals surface area contributed by atoms with E-state index in [0.29, 0.717) is 0 Å². The van der Waals surface area contributed by atoms with E-state index in [2.05, 4.69) is 59.2 Å². The fraction of sp³-hybridized carbons (Fsp3) is 0.467. The van der Waals surface area contributed by atoms with E-state index in [1.807, 2.05) is 0 Å². The van der Waals surface area contributed by atoms with Crippen molar-refractivity contribution in [3.8, 4) is 5.75 Å². The number of H-pyrrole nitrogens is 1. The monoisotopic (exact) mass is 272 g/mol. The Hall–Kier alpha value is -1.88. The molecular formula is C15H20N4O. The fourth-order valence-corrected chi connectivity index (χ4v) is 2.71. The van der Waals surface area contributed by atoms with Crippen molar-refractivity contribution in [1.82, 2.24) is 20.1 Å². The van der Waals surface area contributed by atoms with Crippen LogP contribution in [0.15, 0.2) is 24.5 Å². The highest BCUT2D eigenvalue weighted by molar-refractivity contribution is 5.45. The van der Waals surface area contributed by atoms with E-state index in [4.69, 9.17) is 4.74 Å². The van der Waals surface area contributed by atoms with Gasteiger partial charge in [-0.1, -0.05) is 18.2 Å². The Labute approximate surface area is 119 Å². The highest BCUT2D eigenvalue weighted by Crippen LogP contribution is 2.37.